The van der Waals surface area contributed by atoms with Crippen molar-refractivity contribution in [2.24, 2.45) is 4.99 Å². The third-order valence-corrected chi connectivity index (χ3v) is 5.67. The number of carbonyl (C=O) groups is 2. The molecule has 0 bridgehead atoms. The Bertz CT molecular complexity index is 1290. The van der Waals surface area contributed by atoms with Crippen molar-refractivity contribution in [3.8, 4) is 11.3 Å². The number of thioether (sulfide) groups is 1. The number of rotatable bonds is 5. The minimum Gasteiger partial charge on any atom is -0.478 e. The summed E-state index contributed by atoms with van der Waals surface area (Å²) in [7, 11) is 1.58. The number of nitrogens with zero attached hydrogens (tertiary/aromatic N) is 3. The van der Waals surface area contributed by atoms with Gasteiger partial charge in [0.25, 0.3) is 11.6 Å². The van der Waals surface area contributed by atoms with E-state index in [0.717, 1.165) is 11.8 Å². The van der Waals surface area contributed by atoms with Gasteiger partial charge in [0, 0.05) is 19.2 Å². The molecule has 0 saturated carbocycles. The number of nitro benzene ring substituents is 1. The Morgan fingerprint density at radius 2 is 1.88 bits per heavy atom. The number of benzene rings is 2. The van der Waals surface area contributed by atoms with Crippen LogP contribution in [0.1, 0.15) is 16.1 Å². The summed E-state index contributed by atoms with van der Waals surface area (Å²) in [5.74, 6) is -0.620. The molecule has 1 N–H and O–H groups in total. The third kappa shape index (κ3) is 4.16. The summed E-state index contributed by atoms with van der Waals surface area (Å²) in [5, 5.41) is 20.7. The summed E-state index contributed by atoms with van der Waals surface area (Å²) >= 11 is 1.14. The van der Waals surface area contributed by atoms with Crippen LogP contribution in [0.2, 0.25) is 0 Å². The molecule has 1 aliphatic heterocycles. The number of para-hydroxylation sites is 1. The zero-order valence-electron chi connectivity index (χ0n) is 16.6. The average Bonchev–Trinajstić information content (AvgIpc) is 3.35. The number of likely N-dealkylation sites (N-methyl/N-ethyl adjacent to an activating group) is 1. The third-order valence-electron chi connectivity index (χ3n) is 4.61. The van der Waals surface area contributed by atoms with E-state index >= 15 is 0 Å². The molecule has 0 aliphatic carbocycles. The van der Waals surface area contributed by atoms with Gasteiger partial charge in [-0.3, -0.25) is 19.8 Å². The van der Waals surface area contributed by atoms with E-state index in [9.17, 15) is 19.7 Å². The van der Waals surface area contributed by atoms with Crippen LogP contribution in [0, 0.1) is 10.1 Å². The van der Waals surface area contributed by atoms with E-state index in [1.807, 2.05) is 0 Å². The van der Waals surface area contributed by atoms with Crippen molar-refractivity contribution in [3.63, 3.8) is 0 Å². The fourth-order valence-corrected chi connectivity index (χ4v) is 3.95. The lowest BCUT2D eigenvalue weighted by atomic mass is 10.1. The smallest absolute Gasteiger partial charge is 0.335 e. The monoisotopic (exact) mass is 449 g/mol. The number of hydrogen-bond donors (Lipinski definition) is 1. The van der Waals surface area contributed by atoms with Gasteiger partial charge in [-0.1, -0.05) is 12.1 Å². The van der Waals surface area contributed by atoms with Crippen LogP contribution in [0.3, 0.4) is 0 Å². The molecule has 0 spiro atoms. The molecular formula is C22H15N3O6S. The number of aliphatic imine (C=N–C) groups is 1. The van der Waals surface area contributed by atoms with Gasteiger partial charge in [0.2, 0.25) is 0 Å². The van der Waals surface area contributed by atoms with Crippen LogP contribution in [0.25, 0.3) is 17.4 Å². The molecule has 1 amide bonds. The molecule has 1 fully saturated rings. The summed E-state index contributed by atoms with van der Waals surface area (Å²) in [6.45, 7) is 0. The number of hydrogen-bond acceptors (Lipinski definition) is 7. The highest BCUT2D eigenvalue weighted by Crippen LogP contribution is 2.35. The van der Waals surface area contributed by atoms with Gasteiger partial charge in [-0.15, -0.1) is 0 Å². The van der Waals surface area contributed by atoms with Crippen LogP contribution in [0.4, 0.5) is 11.4 Å². The molecule has 1 saturated heterocycles. The normalized spacial score (nSPS) is 16.2. The first-order valence-electron chi connectivity index (χ1n) is 9.27. The van der Waals surface area contributed by atoms with Gasteiger partial charge in [-0.05, 0) is 54.2 Å². The van der Waals surface area contributed by atoms with E-state index in [0.29, 0.717) is 32.8 Å². The molecule has 1 aliphatic rings. The van der Waals surface area contributed by atoms with Crippen LogP contribution in [0.5, 0.6) is 0 Å². The average molecular weight is 449 g/mol. The van der Waals surface area contributed by atoms with E-state index in [2.05, 4.69) is 4.99 Å². The Morgan fingerprint density at radius 1 is 1.16 bits per heavy atom. The first-order valence-corrected chi connectivity index (χ1v) is 10.1. The van der Waals surface area contributed by atoms with E-state index < -0.39 is 10.9 Å². The molecule has 32 heavy (non-hydrogen) atoms. The number of amidine groups is 1. The number of carboxylic acids is 1. The molecule has 0 unspecified atom stereocenters. The zero-order valence-corrected chi connectivity index (χ0v) is 17.4. The Kier molecular flexibility index (Phi) is 5.61. The number of nitro groups is 1. The van der Waals surface area contributed by atoms with Crippen molar-refractivity contribution in [1.82, 2.24) is 4.90 Å². The highest BCUT2D eigenvalue weighted by atomic mass is 32.2. The van der Waals surface area contributed by atoms with Gasteiger partial charge in [0.15, 0.2) is 5.17 Å². The topological polar surface area (TPSA) is 126 Å². The minimum atomic E-state index is -1.03. The molecule has 0 atom stereocenters. The Labute approximate surface area is 185 Å². The predicted molar refractivity (Wildman–Crippen MR) is 120 cm³/mol. The van der Waals surface area contributed by atoms with Crippen LogP contribution in [-0.2, 0) is 4.79 Å². The van der Waals surface area contributed by atoms with Crippen LogP contribution in [0.15, 0.2) is 75.0 Å². The van der Waals surface area contributed by atoms with Crippen molar-refractivity contribution in [1.29, 1.82) is 0 Å². The fourth-order valence-electron chi connectivity index (χ4n) is 2.99. The molecule has 2 heterocycles. The number of amides is 1. The van der Waals surface area contributed by atoms with Gasteiger partial charge >= 0.3 is 5.97 Å². The van der Waals surface area contributed by atoms with Gasteiger partial charge in [0.1, 0.15) is 11.5 Å². The SMILES string of the molecule is CN1C(=O)/C(=C/c2ccc(-c3ccccc3[N+](=O)[O-])o2)SC1=Nc1ccc(C(=O)O)cc1. The molecule has 4 rings (SSSR count). The largest absolute Gasteiger partial charge is 0.478 e. The minimum absolute atomic E-state index is 0.0737. The molecule has 3 aromatic rings. The van der Waals surface area contributed by atoms with E-state index in [-0.39, 0.29) is 17.2 Å². The van der Waals surface area contributed by atoms with Crippen LogP contribution in [-0.4, -0.2) is 39.0 Å². The molecule has 10 heteroatoms. The number of furan rings is 1. The van der Waals surface area contributed by atoms with E-state index in [1.54, 1.807) is 55.6 Å². The number of aromatic carboxylic acids is 1. The van der Waals surface area contributed by atoms with Crippen molar-refractivity contribution in [2.45, 2.75) is 0 Å². The van der Waals surface area contributed by atoms with Gasteiger partial charge in [0.05, 0.1) is 26.6 Å². The standard InChI is InChI=1S/C22H15N3O6S/c1-24-20(26)19(32-22(24)23-14-8-6-13(7-9-14)21(27)28)12-15-10-11-18(31-15)16-4-2-3-5-17(16)25(29)30/h2-12H,1H3,(H,27,28)/b19-12-,23-22?. The first-order chi connectivity index (χ1) is 15.3. The van der Waals surface area contributed by atoms with Gasteiger partial charge in [-0.2, -0.15) is 0 Å². The van der Waals surface area contributed by atoms with Crippen molar-refractivity contribution < 1.29 is 24.0 Å². The summed E-state index contributed by atoms with van der Waals surface area (Å²) in [4.78, 5) is 40.5. The van der Waals surface area contributed by atoms with Gasteiger partial charge < -0.3 is 9.52 Å². The summed E-state index contributed by atoms with van der Waals surface area (Å²) in [6.07, 6.45) is 1.55. The fraction of sp³-hybridized carbons (Fsp3) is 0.0455. The second kappa shape index (κ2) is 8.52. The summed E-state index contributed by atoms with van der Waals surface area (Å²) in [6, 6.07) is 15.5. The molecule has 0 radical (unpaired) electrons. The molecule has 160 valence electrons. The Morgan fingerprint density at radius 3 is 2.56 bits per heavy atom. The molecular weight excluding hydrogens is 434 g/mol. The molecule has 2 aromatic carbocycles. The van der Waals surface area contributed by atoms with Crippen LogP contribution < -0.4 is 0 Å². The van der Waals surface area contributed by atoms with Crippen LogP contribution >= 0.6 is 11.8 Å². The molecule has 1 aromatic heterocycles. The van der Waals surface area contributed by atoms with Crippen molar-refractivity contribution >= 4 is 46.3 Å². The second-order valence-corrected chi connectivity index (χ2v) is 7.71. The summed E-state index contributed by atoms with van der Waals surface area (Å²) < 4.78 is 5.73. The predicted octanol–water partition coefficient (Wildman–Crippen LogP) is 4.79. The highest BCUT2D eigenvalue weighted by Gasteiger charge is 2.31. The maximum absolute atomic E-state index is 12.6. The zero-order chi connectivity index (χ0) is 22.8. The van der Waals surface area contributed by atoms with Crippen molar-refractivity contribution in [3.05, 3.63) is 87.0 Å². The molecule has 9 nitrogen and oxygen atoms in total. The maximum atomic E-state index is 12.6. The second-order valence-electron chi connectivity index (χ2n) is 6.70. The number of carbonyl (C=O) groups excluding carboxylic acids is 1. The highest BCUT2D eigenvalue weighted by molar-refractivity contribution is 8.18. The maximum Gasteiger partial charge on any atom is 0.335 e. The van der Waals surface area contributed by atoms with E-state index in [1.165, 1.54) is 23.1 Å². The first kappa shape index (κ1) is 21.1. The van der Waals surface area contributed by atoms with E-state index in [4.69, 9.17) is 9.52 Å². The lowest BCUT2D eigenvalue weighted by Crippen LogP contribution is -2.23. The Balaban J connectivity index is 1.59. The van der Waals surface area contributed by atoms with Crippen molar-refractivity contribution in [2.75, 3.05) is 7.05 Å². The lowest BCUT2D eigenvalue weighted by Gasteiger charge is -2.07. The quantitative estimate of drug-likeness (QED) is 0.337. The lowest BCUT2D eigenvalue weighted by molar-refractivity contribution is -0.384. The van der Waals surface area contributed by atoms with Gasteiger partial charge in [-0.25, -0.2) is 9.79 Å². The Hall–Kier alpha value is -4.18. The summed E-state index contributed by atoms with van der Waals surface area (Å²) in [5.41, 5.74) is 0.924. The number of carboxylic acid groups (broad SMARTS) is 1.